The molecule has 1 saturated heterocycles. The number of hydrogen-bond donors (Lipinski definition) is 1. The van der Waals surface area contributed by atoms with Gasteiger partial charge in [-0.25, -0.2) is 4.98 Å². The predicted octanol–water partition coefficient (Wildman–Crippen LogP) is 4.24. The van der Waals surface area contributed by atoms with E-state index >= 15 is 0 Å². The van der Waals surface area contributed by atoms with Crippen LogP contribution in [-0.4, -0.2) is 34.8 Å². The highest BCUT2D eigenvalue weighted by Crippen LogP contribution is 2.36. The molecule has 0 unspecified atom stereocenters. The Morgan fingerprint density at radius 1 is 1.07 bits per heavy atom. The largest absolute Gasteiger partial charge is 0.417 e. The minimum atomic E-state index is -4.64. The van der Waals surface area contributed by atoms with E-state index in [0.717, 1.165) is 25.0 Å². The molecule has 9 heteroatoms. The van der Waals surface area contributed by atoms with Crippen molar-refractivity contribution in [2.75, 3.05) is 18.4 Å². The molecule has 0 radical (unpaired) electrons. The highest BCUT2D eigenvalue weighted by molar-refractivity contribution is 6.31. The van der Waals surface area contributed by atoms with Crippen LogP contribution in [0.4, 0.5) is 18.9 Å². The van der Waals surface area contributed by atoms with Crippen LogP contribution in [0.2, 0.25) is 5.02 Å². The fraction of sp³-hybridized carbons (Fsp3) is 0.278. The van der Waals surface area contributed by atoms with E-state index in [0.29, 0.717) is 13.1 Å². The minimum absolute atomic E-state index is 0.0662. The van der Waals surface area contributed by atoms with Crippen molar-refractivity contribution >= 4 is 29.1 Å². The highest BCUT2D eigenvalue weighted by atomic mass is 35.5. The van der Waals surface area contributed by atoms with Gasteiger partial charge in [-0.2, -0.15) is 13.2 Å². The lowest BCUT2D eigenvalue weighted by atomic mass is 10.2. The van der Waals surface area contributed by atoms with Crippen LogP contribution in [0.25, 0.3) is 0 Å². The number of anilines is 1. The monoisotopic (exact) mass is 397 g/mol. The van der Waals surface area contributed by atoms with E-state index in [2.05, 4.69) is 10.3 Å². The Balaban J connectivity index is 1.79. The molecule has 0 aliphatic carbocycles. The van der Waals surface area contributed by atoms with Crippen molar-refractivity contribution in [3.8, 4) is 0 Å². The normalized spacial score (nSPS) is 14.3. The van der Waals surface area contributed by atoms with Crippen molar-refractivity contribution in [3.63, 3.8) is 0 Å². The summed E-state index contributed by atoms with van der Waals surface area (Å²) in [4.78, 5) is 30.4. The number of carbonyl (C=O) groups is 2. The Hall–Kier alpha value is -2.61. The molecule has 27 heavy (non-hydrogen) atoms. The van der Waals surface area contributed by atoms with Crippen molar-refractivity contribution in [2.24, 2.45) is 0 Å². The van der Waals surface area contributed by atoms with Gasteiger partial charge in [-0.15, -0.1) is 0 Å². The number of hydrogen-bond acceptors (Lipinski definition) is 3. The molecule has 1 aromatic heterocycles. The molecule has 0 atom stereocenters. The van der Waals surface area contributed by atoms with Gasteiger partial charge in [-0.05, 0) is 43.2 Å². The zero-order valence-electron chi connectivity index (χ0n) is 14.0. The third-order valence-corrected chi connectivity index (χ3v) is 4.45. The molecule has 0 saturated carbocycles. The molecule has 2 aromatic rings. The van der Waals surface area contributed by atoms with Crippen molar-refractivity contribution in [2.45, 2.75) is 19.0 Å². The fourth-order valence-corrected chi connectivity index (χ4v) is 3.00. The van der Waals surface area contributed by atoms with Crippen LogP contribution in [0.1, 0.15) is 39.4 Å². The quantitative estimate of drug-likeness (QED) is 0.842. The standard InChI is InChI=1S/C18H15ClF3N3O2/c19-13-7-6-11(10-12(13)18(20,21)22)23-16(26)14-4-3-5-15(24-14)17(27)25-8-1-2-9-25/h3-7,10H,1-2,8-9H2,(H,23,26). The molecule has 2 amide bonds. The summed E-state index contributed by atoms with van der Waals surface area (Å²) < 4.78 is 38.8. The molecule has 1 aliphatic rings. The number of benzene rings is 1. The lowest BCUT2D eigenvalue weighted by Crippen LogP contribution is -2.29. The maximum absolute atomic E-state index is 12.9. The lowest BCUT2D eigenvalue weighted by Gasteiger charge is -2.15. The molecule has 1 aromatic carbocycles. The number of amides is 2. The second kappa shape index (κ2) is 7.56. The number of carbonyl (C=O) groups excluding carboxylic acids is 2. The first-order valence-corrected chi connectivity index (χ1v) is 8.58. The third kappa shape index (κ3) is 4.39. The zero-order chi connectivity index (χ0) is 19.6. The van der Waals surface area contributed by atoms with Crippen LogP contribution in [0.5, 0.6) is 0 Å². The average Bonchev–Trinajstić information content (AvgIpc) is 3.16. The second-order valence-corrected chi connectivity index (χ2v) is 6.46. The molecule has 142 valence electrons. The summed E-state index contributed by atoms with van der Waals surface area (Å²) in [7, 11) is 0. The van der Waals surface area contributed by atoms with E-state index < -0.39 is 22.7 Å². The topological polar surface area (TPSA) is 62.3 Å². The molecular formula is C18H15ClF3N3O2. The number of rotatable bonds is 3. The molecule has 1 aliphatic heterocycles. The summed E-state index contributed by atoms with van der Waals surface area (Å²) in [6.07, 6.45) is -2.80. The van der Waals surface area contributed by atoms with Crippen LogP contribution in [0, 0.1) is 0 Å². The fourth-order valence-electron chi connectivity index (χ4n) is 2.78. The Morgan fingerprint density at radius 3 is 2.41 bits per heavy atom. The molecule has 2 heterocycles. The van der Waals surface area contributed by atoms with E-state index in [1.54, 1.807) is 4.90 Å². The first-order valence-electron chi connectivity index (χ1n) is 8.20. The zero-order valence-corrected chi connectivity index (χ0v) is 14.8. The average molecular weight is 398 g/mol. The molecule has 0 bridgehead atoms. The van der Waals surface area contributed by atoms with Gasteiger partial charge in [0.25, 0.3) is 11.8 Å². The summed E-state index contributed by atoms with van der Waals surface area (Å²) >= 11 is 5.57. The van der Waals surface area contributed by atoms with Gasteiger partial charge in [-0.1, -0.05) is 17.7 Å². The number of aromatic nitrogens is 1. The van der Waals surface area contributed by atoms with Gasteiger partial charge in [0.2, 0.25) is 0 Å². The minimum Gasteiger partial charge on any atom is -0.337 e. The first kappa shape index (κ1) is 19.2. The number of nitrogens with one attached hydrogen (secondary N) is 1. The van der Waals surface area contributed by atoms with Gasteiger partial charge in [-0.3, -0.25) is 9.59 Å². The summed E-state index contributed by atoms with van der Waals surface area (Å²) in [6.45, 7) is 1.28. The predicted molar refractivity (Wildman–Crippen MR) is 93.8 cm³/mol. The molecule has 3 rings (SSSR count). The second-order valence-electron chi connectivity index (χ2n) is 6.05. The van der Waals surface area contributed by atoms with E-state index in [1.165, 1.54) is 24.3 Å². The van der Waals surface area contributed by atoms with Crippen LogP contribution >= 0.6 is 11.6 Å². The Morgan fingerprint density at radius 2 is 1.74 bits per heavy atom. The number of halogens is 4. The Kier molecular flexibility index (Phi) is 5.36. The summed E-state index contributed by atoms with van der Waals surface area (Å²) in [5.41, 5.74) is -1.07. The first-order chi connectivity index (χ1) is 12.8. The highest BCUT2D eigenvalue weighted by Gasteiger charge is 2.33. The van der Waals surface area contributed by atoms with E-state index in [4.69, 9.17) is 11.6 Å². The van der Waals surface area contributed by atoms with Crippen LogP contribution < -0.4 is 5.32 Å². The molecule has 0 spiro atoms. The maximum Gasteiger partial charge on any atom is 0.417 e. The Bertz CT molecular complexity index is 880. The van der Waals surface area contributed by atoms with E-state index in [-0.39, 0.29) is 23.0 Å². The van der Waals surface area contributed by atoms with Crippen molar-refractivity contribution in [1.29, 1.82) is 0 Å². The number of nitrogens with zero attached hydrogens (tertiary/aromatic N) is 2. The molecule has 1 fully saturated rings. The number of pyridine rings is 1. The van der Waals surface area contributed by atoms with Gasteiger partial charge in [0.1, 0.15) is 11.4 Å². The lowest BCUT2D eigenvalue weighted by molar-refractivity contribution is -0.137. The van der Waals surface area contributed by atoms with E-state index in [1.807, 2.05) is 0 Å². The van der Waals surface area contributed by atoms with Gasteiger partial charge in [0.05, 0.1) is 10.6 Å². The number of likely N-dealkylation sites (tertiary alicyclic amines) is 1. The maximum atomic E-state index is 12.9. The van der Waals surface area contributed by atoms with Crippen LogP contribution in [0.3, 0.4) is 0 Å². The van der Waals surface area contributed by atoms with Gasteiger partial charge < -0.3 is 10.2 Å². The van der Waals surface area contributed by atoms with Crippen LogP contribution in [0.15, 0.2) is 36.4 Å². The van der Waals surface area contributed by atoms with Crippen LogP contribution in [-0.2, 0) is 6.18 Å². The third-order valence-electron chi connectivity index (χ3n) is 4.12. The van der Waals surface area contributed by atoms with Gasteiger partial charge in [0.15, 0.2) is 0 Å². The summed E-state index contributed by atoms with van der Waals surface area (Å²) in [5, 5.41) is 1.89. The molecule has 5 nitrogen and oxygen atoms in total. The van der Waals surface area contributed by atoms with Crippen molar-refractivity contribution in [3.05, 3.63) is 58.4 Å². The molecule has 1 N–H and O–H groups in total. The van der Waals surface area contributed by atoms with Crippen molar-refractivity contribution < 1.29 is 22.8 Å². The smallest absolute Gasteiger partial charge is 0.337 e. The van der Waals surface area contributed by atoms with Crippen molar-refractivity contribution in [1.82, 2.24) is 9.88 Å². The van der Waals surface area contributed by atoms with Gasteiger partial charge >= 0.3 is 6.18 Å². The number of alkyl halides is 3. The van der Waals surface area contributed by atoms with E-state index in [9.17, 15) is 22.8 Å². The SMILES string of the molecule is O=C(Nc1ccc(Cl)c(C(F)(F)F)c1)c1cccc(C(=O)N2CCCC2)n1. The van der Waals surface area contributed by atoms with Gasteiger partial charge in [0, 0.05) is 18.8 Å². The summed E-state index contributed by atoms with van der Waals surface area (Å²) in [6, 6.07) is 7.46. The summed E-state index contributed by atoms with van der Waals surface area (Å²) in [5.74, 6) is -0.991. The molecular weight excluding hydrogens is 383 g/mol. The Labute approximate surface area is 158 Å².